The number of benzene rings is 1. The number of aryl methyl sites for hydroxylation is 1. The topological polar surface area (TPSA) is 73.6 Å². The number of fused-ring (bicyclic) bond motifs is 1. The summed E-state index contributed by atoms with van der Waals surface area (Å²) in [5.41, 5.74) is 2.49. The molecule has 0 spiro atoms. The highest BCUT2D eigenvalue weighted by Gasteiger charge is 2.11. The Balaban J connectivity index is 1.94. The van der Waals surface area contributed by atoms with Gasteiger partial charge in [0, 0.05) is 34.4 Å². The fourth-order valence-electron chi connectivity index (χ4n) is 1.95. The number of aromatic nitrogens is 3. The molecule has 0 aliphatic carbocycles. The molecule has 0 unspecified atom stereocenters. The van der Waals surface area contributed by atoms with Crippen molar-refractivity contribution in [3.05, 3.63) is 47.8 Å². The quantitative estimate of drug-likeness (QED) is 0.643. The summed E-state index contributed by atoms with van der Waals surface area (Å²) in [6, 6.07) is 9.26. The molecule has 18 heavy (non-hydrogen) atoms. The maximum Gasteiger partial charge on any atom is 0.257 e. The van der Waals surface area contributed by atoms with Crippen LogP contribution in [0.25, 0.3) is 10.9 Å². The van der Waals surface area contributed by atoms with Crippen LogP contribution in [0.3, 0.4) is 0 Å². The van der Waals surface area contributed by atoms with Gasteiger partial charge in [-0.2, -0.15) is 5.10 Å². The van der Waals surface area contributed by atoms with Gasteiger partial charge in [-0.3, -0.25) is 9.89 Å². The Bertz CT molecular complexity index is 710. The predicted octanol–water partition coefficient (Wildman–Crippen LogP) is 2.45. The number of nitrogens with zero attached hydrogens (tertiary/aromatic N) is 1. The van der Waals surface area contributed by atoms with Gasteiger partial charge in [0.15, 0.2) is 5.82 Å². The van der Waals surface area contributed by atoms with Crippen molar-refractivity contribution in [2.24, 2.45) is 0 Å². The van der Waals surface area contributed by atoms with Crippen LogP contribution in [0.1, 0.15) is 16.1 Å². The highest BCUT2D eigenvalue weighted by atomic mass is 16.1. The molecule has 0 saturated heterocycles. The van der Waals surface area contributed by atoms with Crippen LogP contribution in [0.15, 0.2) is 36.5 Å². The molecular formula is C13H12N4O. The molecule has 3 aromatic rings. The van der Waals surface area contributed by atoms with Gasteiger partial charge in [-0.25, -0.2) is 0 Å². The van der Waals surface area contributed by atoms with Crippen LogP contribution in [0.5, 0.6) is 0 Å². The van der Waals surface area contributed by atoms with Crippen LogP contribution in [-0.2, 0) is 0 Å². The van der Waals surface area contributed by atoms with Gasteiger partial charge in [0.2, 0.25) is 0 Å². The minimum absolute atomic E-state index is 0.160. The fraction of sp³-hybridized carbons (Fsp3) is 0.0769. The number of aromatic amines is 2. The van der Waals surface area contributed by atoms with Crippen molar-refractivity contribution >= 4 is 22.6 Å². The summed E-state index contributed by atoms with van der Waals surface area (Å²) in [4.78, 5) is 15.2. The van der Waals surface area contributed by atoms with Crippen LogP contribution in [0, 0.1) is 6.92 Å². The Morgan fingerprint density at radius 2 is 2.22 bits per heavy atom. The van der Waals surface area contributed by atoms with Gasteiger partial charge < -0.3 is 10.3 Å². The molecule has 0 fully saturated rings. The van der Waals surface area contributed by atoms with E-state index in [1.807, 2.05) is 31.3 Å². The van der Waals surface area contributed by atoms with E-state index < -0.39 is 0 Å². The zero-order chi connectivity index (χ0) is 12.5. The first-order valence-electron chi connectivity index (χ1n) is 5.63. The van der Waals surface area contributed by atoms with Crippen LogP contribution >= 0.6 is 0 Å². The number of hydrogen-bond donors (Lipinski definition) is 3. The number of carbonyl (C=O) groups is 1. The first-order chi connectivity index (χ1) is 8.74. The molecule has 1 aromatic carbocycles. The van der Waals surface area contributed by atoms with Crippen LogP contribution in [0.2, 0.25) is 0 Å². The van der Waals surface area contributed by atoms with Crippen molar-refractivity contribution in [1.29, 1.82) is 0 Å². The van der Waals surface area contributed by atoms with Crippen LogP contribution in [0.4, 0.5) is 5.82 Å². The van der Waals surface area contributed by atoms with Gasteiger partial charge in [0.25, 0.3) is 5.91 Å². The molecule has 90 valence electrons. The summed E-state index contributed by atoms with van der Waals surface area (Å²) in [6.45, 7) is 1.88. The van der Waals surface area contributed by atoms with Gasteiger partial charge in [-0.05, 0) is 25.1 Å². The summed E-state index contributed by atoms with van der Waals surface area (Å²) in [5, 5.41) is 10.4. The molecule has 0 atom stereocenters. The number of rotatable bonds is 2. The van der Waals surface area contributed by atoms with Crippen molar-refractivity contribution < 1.29 is 4.79 Å². The third kappa shape index (κ3) is 1.75. The summed E-state index contributed by atoms with van der Waals surface area (Å²) in [7, 11) is 0. The Labute approximate surface area is 103 Å². The first kappa shape index (κ1) is 10.6. The Kier molecular flexibility index (Phi) is 2.37. The third-order valence-corrected chi connectivity index (χ3v) is 2.79. The lowest BCUT2D eigenvalue weighted by molar-refractivity contribution is 0.102. The number of amides is 1. The van der Waals surface area contributed by atoms with E-state index in [1.165, 1.54) is 0 Å². The molecule has 2 aromatic heterocycles. The maximum atomic E-state index is 12.2. The third-order valence-electron chi connectivity index (χ3n) is 2.79. The highest BCUT2D eigenvalue weighted by Crippen LogP contribution is 2.18. The van der Waals surface area contributed by atoms with Crippen molar-refractivity contribution in [3.8, 4) is 0 Å². The van der Waals surface area contributed by atoms with E-state index in [9.17, 15) is 4.79 Å². The Hall–Kier alpha value is -2.56. The second-order valence-electron chi connectivity index (χ2n) is 4.13. The number of anilines is 1. The normalized spacial score (nSPS) is 10.7. The lowest BCUT2D eigenvalue weighted by atomic mass is 10.1. The number of nitrogens with one attached hydrogen (secondary N) is 3. The number of carbonyl (C=O) groups excluding carboxylic acids is 1. The van der Waals surface area contributed by atoms with Crippen molar-refractivity contribution in [2.75, 3.05) is 5.32 Å². The van der Waals surface area contributed by atoms with Crippen LogP contribution in [-0.4, -0.2) is 21.1 Å². The molecule has 0 bridgehead atoms. The van der Waals surface area contributed by atoms with E-state index in [1.54, 1.807) is 12.1 Å². The van der Waals surface area contributed by atoms with E-state index >= 15 is 0 Å². The molecule has 0 aliphatic rings. The van der Waals surface area contributed by atoms with E-state index in [-0.39, 0.29) is 5.91 Å². The summed E-state index contributed by atoms with van der Waals surface area (Å²) >= 11 is 0. The van der Waals surface area contributed by atoms with Crippen molar-refractivity contribution in [3.63, 3.8) is 0 Å². The second kappa shape index (κ2) is 4.03. The fourth-order valence-corrected chi connectivity index (χ4v) is 1.95. The molecule has 3 rings (SSSR count). The maximum absolute atomic E-state index is 12.2. The van der Waals surface area contributed by atoms with E-state index in [0.717, 1.165) is 16.6 Å². The molecule has 5 nitrogen and oxygen atoms in total. The Morgan fingerprint density at radius 3 is 3.00 bits per heavy atom. The smallest absolute Gasteiger partial charge is 0.257 e. The van der Waals surface area contributed by atoms with Crippen molar-refractivity contribution in [1.82, 2.24) is 15.2 Å². The number of hydrogen-bond acceptors (Lipinski definition) is 2. The first-order valence-corrected chi connectivity index (χ1v) is 5.63. The minimum Gasteiger partial charge on any atom is -0.361 e. The second-order valence-corrected chi connectivity index (χ2v) is 4.13. The van der Waals surface area contributed by atoms with Gasteiger partial charge in [-0.15, -0.1) is 0 Å². The average molecular weight is 240 g/mol. The van der Waals surface area contributed by atoms with E-state index in [2.05, 4.69) is 20.5 Å². The van der Waals surface area contributed by atoms with Gasteiger partial charge in [0.05, 0.1) is 0 Å². The Morgan fingerprint density at radius 1 is 1.33 bits per heavy atom. The molecule has 5 heteroatoms. The van der Waals surface area contributed by atoms with Crippen LogP contribution < -0.4 is 5.32 Å². The summed E-state index contributed by atoms with van der Waals surface area (Å²) in [5.74, 6) is 0.372. The molecule has 3 N–H and O–H groups in total. The molecular weight excluding hydrogens is 228 g/mol. The average Bonchev–Trinajstić information content (AvgIpc) is 2.97. The predicted molar refractivity (Wildman–Crippen MR) is 69.6 cm³/mol. The summed E-state index contributed by atoms with van der Waals surface area (Å²) in [6.07, 6.45) is 1.82. The van der Waals surface area contributed by atoms with Crippen molar-refractivity contribution in [2.45, 2.75) is 6.92 Å². The lowest BCUT2D eigenvalue weighted by Gasteiger charge is -2.03. The van der Waals surface area contributed by atoms with E-state index in [0.29, 0.717) is 11.4 Å². The lowest BCUT2D eigenvalue weighted by Crippen LogP contribution is -2.12. The monoisotopic (exact) mass is 240 g/mol. The highest BCUT2D eigenvalue weighted by molar-refractivity contribution is 6.12. The summed E-state index contributed by atoms with van der Waals surface area (Å²) < 4.78 is 0. The SMILES string of the molecule is Cc1cc(NC(=O)c2cccc3[nH]ccc23)n[nH]1. The molecule has 0 radical (unpaired) electrons. The molecule has 0 aliphatic heterocycles. The van der Waals surface area contributed by atoms with Gasteiger partial charge >= 0.3 is 0 Å². The standard InChI is InChI=1S/C13H12N4O/c1-8-7-12(17-16-8)15-13(18)10-3-2-4-11-9(10)5-6-14-11/h2-7,14H,1H3,(H2,15,16,17,18). The van der Waals surface area contributed by atoms with Gasteiger partial charge in [-0.1, -0.05) is 6.07 Å². The molecule has 2 heterocycles. The molecule has 0 saturated carbocycles. The zero-order valence-corrected chi connectivity index (χ0v) is 9.82. The minimum atomic E-state index is -0.160. The zero-order valence-electron chi connectivity index (χ0n) is 9.82. The number of H-pyrrole nitrogens is 2. The van der Waals surface area contributed by atoms with Gasteiger partial charge in [0.1, 0.15) is 0 Å². The molecule has 1 amide bonds. The largest absolute Gasteiger partial charge is 0.361 e. The van der Waals surface area contributed by atoms with E-state index in [4.69, 9.17) is 0 Å².